The molecule has 0 aliphatic carbocycles. The fraction of sp³-hybridized carbons (Fsp3) is 0.250. The summed E-state index contributed by atoms with van der Waals surface area (Å²) in [7, 11) is -3.91. The summed E-state index contributed by atoms with van der Waals surface area (Å²) in [5.74, 6) is 0.111. The predicted octanol–water partition coefficient (Wildman–Crippen LogP) is 1.71. The topological polar surface area (TPSA) is 176 Å². The molecule has 13 nitrogen and oxygen atoms in total. The van der Waals surface area contributed by atoms with E-state index in [0.29, 0.717) is 0 Å². The number of nitro groups is 1. The van der Waals surface area contributed by atoms with E-state index in [-0.39, 0.29) is 61.3 Å². The van der Waals surface area contributed by atoms with Crippen LogP contribution in [0.5, 0.6) is 5.75 Å². The summed E-state index contributed by atoms with van der Waals surface area (Å²) >= 11 is 0. The Morgan fingerprint density at radius 2 is 1.85 bits per heavy atom. The molecule has 4 rings (SSSR count). The molecule has 3 aromatic rings. The number of sulfonamides is 1. The summed E-state index contributed by atoms with van der Waals surface area (Å²) in [5.41, 5.74) is 5.98. The van der Waals surface area contributed by atoms with Gasteiger partial charge in [-0.3, -0.25) is 10.1 Å². The molecule has 0 unspecified atom stereocenters. The Kier molecular flexibility index (Phi) is 6.81. The van der Waals surface area contributed by atoms with Crippen LogP contribution in [0.15, 0.2) is 53.4 Å². The molecule has 178 valence electrons. The Morgan fingerprint density at radius 1 is 1.12 bits per heavy atom. The van der Waals surface area contributed by atoms with Crippen molar-refractivity contribution in [2.24, 2.45) is 0 Å². The lowest BCUT2D eigenvalue weighted by molar-refractivity contribution is -0.386. The number of nitrogens with zero attached hydrogens (tertiary/aromatic N) is 5. The molecule has 0 radical (unpaired) electrons. The first-order valence-electron chi connectivity index (χ1n) is 10.1. The first-order chi connectivity index (χ1) is 16.3. The van der Waals surface area contributed by atoms with Crippen molar-refractivity contribution in [3.63, 3.8) is 0 Å². The highest BCUT2D eigenvalue weighted by atomic mass is 32.2. The quantitative estimate of drug-likeness (QED) is 0.349. The maximum absolute atomic E-state index is 12.8. The number of anilines is 3. The van der Waals surface area contributed by atoms with Gasteiger partial charge in [0.1, 0.15) is 6.61 Å². The van der Waals surface area contributed by atoms with E-state index in [0.717, 1.165) is 11.8 Å². The molecule has 2 aromatic carbocycles. The zero-order valence-corrected chi connectivity index (χ0v) is 18.6. The van der Waals surface area contributed by atoms with Gasteiger partial charge < -0.3 is 20.5 Å². The van der Waals surface area contributed by atoms with Crippen molar-refractivity contribution >= 4 is 33.3 Å². The molecule has 0 atom stereocenters. The molecule has 2 heterocycles. The molecule has 14 heteroatoms. The monoisotopic (exact) mass is 487 g/mol. The number of hydrogen-bond donors (Lipinski definition) is 2. The Labute approximate surface area is 194 Å². The lowest BCUT2D eigenvalue weighted by atomic mass is 10.3. The normalized spacial score (nSPS) is 14.5. The maximum atomic E-state index is 12.8. The average Bonchev–Trinajstić information content (AvgIpc) is 2.83. The van der Waals surface area contributed by atoms with Gasteiger partial charge in [-0.2, -0.15) is 19.3 Å². The largest absolute Gasteiger partial charge is 0.479 e. The fourth-order valence-electron chi connectivity index (χ4n) is 3.21. The highest BCUT2D eigenvalue weighted by molar-refractivity contribution is 7.89. The van der Waals surface area contributed by atoms with Gasteiger partial charge in [0, 0.05) is 24.8 Å². The van der Waals surface area contributed by atoms with Crippen LogP contribution in [0.2, 0.25) is 0 Å². The highest BCUT2D eigenvalue weighted by Crippen LogP contribution is 2.31. The van der Waals surface area contributed by atoms with Crippen LogP contribution in [-0.4, -0.2) is 58.9 Å². The van der Waals surface area contributed by atoms with Gasteiger partial charge in [-0.1, -0.05) is 18.2 Å². The number of nitrogens with two attached hydrogens (primary N) is 1. The first kappa shape index (κ1) is 23.3. The van der Waals surface area contributed by atoms with Crippen LogP contribution in [0, 0.1) is 10.1 Å². The van der Waals surface area contributed by atoms with E-state index < -0.39 is 20.6 Å². The number of benzene rings is 2. The molecule has 1 aliphatic rings. The minimum absolute atomic E-state index is 0.0616. The van der Waals surface area contributed by atoms with Gasteiger partial charge in [0.25, 0.3) is 0 Å². The Hall–Kier alpha value is -3.88. The lowest BCUT2D eigenvalue weighted by Crippen LogP contribution is -2.40. The standard InChI is InChI=1S/C20H21N7O6S/c21-19-23-18(24-20(25-19)22-14-4-2-1-3-5-14)13-33-17-7-6-15(12-16(17)27(28)29)34(30,31)26-8-10-32-11-9-26/h1-7,12H,8-11,13H2,(H3,21,22,23,24,25). The summed E-state index contributed by atoms with van der Waals surface area (Å²) in [5, 5.41) is 14.6. The molecule has 1 aliphatic heterocycles. The second-order valence-electron chi connectivity index (χ2n) is 7.12. The fourth-order valence-corrected chi connectivity index (χ4v) is 4.64. The average molecular weight is 487 g/mol. The summed E-state index contributed by atoms with van der Waals surface area (Å²) in [4.78, 5) is 22.9. The van der Waals surface area contributed by atoms with Gasteiger partial charge in [0.15, 0.2) is 11.6 Å². The number of nitrogens with one attached hydrogen (secondary N) is 1. The molecule has 34 heavy (non-hydrogen) atoms. The van der Waals surface area contributed by atoms with E-state index in [1.807, 2.05) is 30.3 Å². The number of ether oxygens (including phenoxy) is 2. The summed E-state index contributed by atoms with van der Waals surface area (Å²) in [6.07, 6.45) is 0. The van der Waals surface area contributed by atoms with Crippen molar-refractivity contribution < 1.29 is 22.8 Å². The zero-order valence-electron chi connectivity index (χ0n) is 17.8. The minimum Gasteiger partial charge on any atom is -0.479 e. The summed E-state index contributed by atoms with van der Waals surface area (Å²) < 4.78 is 37.6. The molecular formula is C20H21N7O6S. The molecule has 0 saturated carbocycles. The van der Waals surface area contributed by atoms with Gasteiger partial charge >= 0.3 is 5.69 Å². The Morgan fingerprint density at radius 3 is 2.56 bits per heavy atom. The third-order valence-corrected chi connectivity index (χ3v) is 6.72. The van der Waals surface area contributed by atoms with Crippen LogP contribution in [0.1, 0.15) is 5.82 Å². The van der Waals surface area contributed by atoms with Crippen LogP contribution in [0.25, 0.3) is 0 Å². The molecule has 1 fully saturated rings. The SMILES string of the molecule is Nc1nc(COc2ccc(S(=O)(=O)N3CCOCC3)cc2[N+](=O)[O-])nc(Nc2ccccc2)n1. The van der Waals surface area contributed by atoms with E-state index in [2.05, 4.69) is 20.3 Å². The van der Waals surface area contributed by atoms with E-state index in [4.69, 9.17) is 15.2 Å². The molecule has 3 N–H and O–H groups in total. The molecule has 0 bridgehead atoms. The van der Waals surface area contributed by atoms with Crippen molar-refractivity contribution in [3.05, 3.63) is 64.5 Å². The van der Waals surface area contributed by atoms with Crippen molar-refractivity contribution in [2.45, 2.75) is 11.5 Å². The summed E-state index contributed by atoms with van der Waals surface area (Å²) in [6, 6.07) is 12.6. The van der Waals surface area contributed by atoms with Crippen LogP contribution < -0.4 is 15.8 Å². The lowest BCUT2D eigenvalue weighted by Gasteiger charge is -2.26. The minimum atomic E-state index is -3.91. The van der Waals surface area contributed by atoms with E-state index >= 15 is 0 Å². The van der Waals surface area contributed by atoms with Crippen molar-refractivity contribution in [1.82, 2.24) is 19.3 Å². The molecule has 1 aromatic heterocycles. The summed E-state index contributed by atoms with van der Waals surface area (Å²) in [6.45, 7) is 0.618. The zero-order chi connectivity index (χ0) is 24.1. The van der Waals surface area contributed by atoms with Crippen molar-refractivity contribution in [3.8, 4) is 5.75 Å². The number of aromatic nitrogens is 3. The number of nitro benzene ring substituents is 1. The number of para-hydroxylation sites is 1. The van der Waals surface area contributed by atoms with Crippen molar-refractivity contribution in [2.75, 3.05) is 37.4 Å². The molecular weight excluding hydrogens is 466 g/mol. The number of hydrogen-bond acceptors (Lipinski definition) is 11. The first-order valence-corrected chi connectivity index (χ1v) is 11.6. The van der Waals surface area contributed by atoms with Crippen LogP contribution in [0.4, 0.5) is 23.3 Å². The second-order valence-corrected chi connectivity index (χ2v) is 9.05. The molecule has 0 spiro atoms. The van der Waals surface area contributed by atoms with E-state index in [9.17, 15) is 18.5 Å². The van der Waals surface area contributed by atoms with Gasteiger partial charge in [-0.25, -0.2) is 8.42 Å². The van der Waals surface area contributed by atoms with Gasteiger partial charge in [-0.15, -0.1) is 0 Å². The molecule has 1 saturated heterocycles. The Bertz CT molecular complexity index is 1280. The molecule has 0 amide bonds. The second kappa shape index (κ2) is 9.94. The Balaban J connectivity index is 1.53. The number of nitrogen functional groups attached to an aromatic ring is 1. The van der Waals surface area contributed by atoms with Gasteiger partial charge in [-0.05, 0) is 24.3 Å². The van der Waals surface area contributed by atoms with Crippen LogP contribution in [0.3, 0.4) is 0 Å². The van der Waals surface area contributed by atoms with E-state index in [1.165, 1.54) is 16.4 Å². The highest BCUT2D eigenvalue weighted by Gasteiger charge is 2.29. The smallest absolute Gasteiger partial charge is 0.312 e. The van der Waals surface area contributed by atoms with Gasteiger partial charge in [0.05, 0.1) is 23.0 Å². The van der Waals surface area contributed by atoms with E-state index in [1.54, 1.807) is 0 Å². The van der Waals surface area contributed by atoms with Crippen LogP contribution in [-0.2, 0) is 21.4 Å². The number of morpholine rings is 1. The predicted molar refractivity (Wildman–Crippen MR) is 121 cm³/mol. The van der Waals surface area contributed by atoms with Crippen LogP contribution >= 0.6 is 0 Å². The third kappa shape index (κ3) is 5.36. The maximum Gasteiger partial charge on any atom is 0.312 e. The third-order valence-electron chi connectivity index (χ3n) is 4.82. The van der Waals surface area contributed by atoms with Crippen molar-refractivity contribution in [1.29, 1.82) is 0 Å². The van der Waals surface area contributed by atoms with Gasteiger partial charge in [0.2, 0.25) is 21.9 Å². The number of rotatable bonds is 8.